The van der Waals surface area contributed by atoms with E-state index in [4.69, 9.17) is 4.74 Å². The summed E-state index contributed by atoms with van der Waals surface area (Å²) in [4.78, 5) is 11.4. The topological polar surface area (TPSA) is 75.6 Å². The van der Waals surface area contributed by atoms with Crippen LogP contribution in [0.5, 0.6) is 5.75 Å². The highest BCUT2D eigenvalue weighted by Crippen LogP contribution is 2.22. The van der Waals surface area contributed by atoms with Gasteiger partial charge in [0.25, 0.3) is 0 Å². The molecule has 7 nitrogen and oxygen atoms in total. The van der Waals surface area contributed by atoms with E-state index in [9.17, 15) is 8.42 Å². The van der Waals surface area contributed by atoms with Gasteiger partial charge in [-0.15, -0.1) is 0 Å². The maximum atomic E-state index is 12.8. The summed E-state index contributed by atoms with van der Waals surface area (Å²) < 4.78 is 32.3. The van der Waals surface area contributed by atoms with E-state index in [1.165, 1.54) is 4.31 Å². The molecule has 0 spiro atoms. The van der Waals surface area contributed by atoms with Crippen molar-refractivity contribution >= 4 is 26.9 Å². The molecular formula is C19H20N4O3S. The molecule has 1 saturated heterocycles. The first-order valence-electron chi connectivity index (χ1n) is 8.69. The van der Waals surface area contributed by atoms with Crippen LogP contribution < -0.4 is 9.64 Å². The number of rotatable bonds is 4. The Balaban J connectivity index is 1.48. The normalized spacial score (nSPS) is 15.8. The van der Waals surface area contributed by atoms with E-state index in [0.717, 1.165) is 16.9 Å². The Morgan fingerprint density at radius 2 is 1.59 bits per heavy atom. The summed E-state index contributed by atoms with van der Waals surface area (Å²) in [5.41, 5.74) is 1.69. The summed E-state index contributed by atoms with van der Waals surface area (Å²) in [7, 11) is -1.96. The highest BCUT2D eigenvalue weighted by Gasteiger charge is 2.29. The predicted molar refractivity (Wildman–Crippen MR) is 104 cm³/mol. The van der Waals surface area contributed by atoms with Crippen LogP contribution in [0.2, 0.25) is 0 Å². The monoisotopic (exact) mass is 384 g/mol. The van der Waals surface area contributed by atoms with Gasteiger partial charge in [-0.1, -0.05) is 12.1 Å². The van der Waals surface area contributed by atoms with Gasteiger partial charge in [-0.25, -0.2) is 13.4 Å². The van der Waals surface area contributed by atoms with Crippen molar-refractivity contribution in [2.24, 2.45) is 0 Å². The summed E-state index contributed by atoms with van der Waals surface area (Å²) in [5.74, 6) is 1.41. The molecule has 0 aliphatic carbocycles. The number of methoxy groups -OCH3 is 1. The maximum Gasteiger partial charge on any atom is 0.243 e. The zero-order chi connectivity index (χ0) is 18.9. The van der Waals surface area contributed by atoms with Crippen molar-refractivity contribution in [3.63, 3.8) is 0 Å². The lowest BCUT2D eigenvalue weighted by molar-refractivity contribution is 0.383. The Hall–Kier alpha value is -2.71. The fourth-order valence-electron chi connectivity index (χ4n) is 3.15. The number of hydrogen-bond donors (Lipinski definition) is 0. The SMILES string of the molecule is COc1ccc(S(=O)(=O)N2CCN(c3cnc4ccccc4n3)CC2)cc1. The first-order valence-corrected chi connectivity index (χ1v) is 10.1. The quantitative estimate of drug-likeness (QED) is 0.686. The van der Waals surface area contributed by atoms with Crippen LogP contribution >= 0.6 is 0 Å². The van der Waals surface area contributed by atoms with Crippen molar-refractivity contribution in [2.45, 2.75) is 4.90 Å². The number of benzene rings is 2. The van der Waals surface area contributed by atoms with Crippen molar-refractivity contribution in [1.29, 1.82) is 0 Å². The molecule has 0 unspecified atom stereocenters. The van der Waals surface area contributed by atoms with Gasteiger partial charge >= 0.3 is 0 Å². The number of para-hydroxylation sites is 2. The highest BCUT2D eigenvalue weighted by molar-refractivity contribution is 7.89. The molecule has 1 aromatic heterocycles. The van der Waals surface area contributed by atoms with Crippen molar-refractivity contribution in [1.82, 2.24) is 14.3 Å². The zero-order valence-corrected chi connectivity index (χ0v) is 15.8. The minimum atomic E-state index is -3.51. The highest BCUT2D eigenvalue weighted by atomic mass is 32.2. The number of nitrogens with zero attached hydrogens (tertiary/aromatic N) is 4. The summed E-state index contributed by atoms with van der Waals surface area (Å²) in [6.07, 6.45) is 1.75. The maximum absolute atomic E-state index is 12.8. The standard InChI is InChI=1S/C19H20N4O3S/c1-26-15-6-8-16(9-7-15)27(24,25)23-12-10-22(11-13-23)19-14-20-17-4-2-3-5-18(17)21-19/h2-9,14H,10-13H2,1H3. The Kier molecular flexibility index (Phi) is 4.67. The summed E-state index contributed by atoms with van der Waals surface area (Å²) in [6.45, 7) is 1.95. The fourth-order valence-corrected chi connectivity index (χ4v) is 4.58. The van der Waals surface area contributed by atoms with Gasteiger partial charge in [0.05, 0.1) is 29.2 Å². The summed E-state index contributed by atoms with van der Waals surface area (Å²) in [5, 5.41) is 0. The number of sulfonamides is 1. The van der Waals surface area contributed by atoms with E-state index in [-0.39, 0.29) is 4.90 Å². The lowest BCUT2D eigenvalue weighted by Gasteiger charge is -2.34. The molecule has 0 atom stereocenters. The third-order valence-electron chi connectivity index (χ3n) is 4.70. The second kappa shape index (κ2) is 7.13. The third kappa shape index (κ3) is 3.45. The first-order chi connectivity index (χ1) is 13.1. The van der Waals surface area contributed by atoms with Gasteiger partial charge in [0, 0.05) is 26.2 Å². The minimum absolute atomic E-state index is 0.280. The molecule has 2 aromatic carbocycles. The Labute approximate surface area is 158 Å². The van der Waals surface area contributed by atoms with E-state index >= 15 is 0 Å². The number of hydrogen-bond acceptors (Lipinski definition) is 6. The zero-order valence-electron chi connectivity index (χ0n) is 14.9. The van der Waals surface area contributed by atoms with Crippen LogP contribution in [0.1, 0.15) is 0 Å². The lowest BCUT2D eigenvalue weighted by Crippen LogP contribution is -2.48. The Morgan fingerprint density at radius 3 is 2.26 bits per heavy atom. The van der Waals surface area contributed by atoms with Gasteiger partial charge in [0.1, 0.15) is 11.6 Å². The molecular weight excluding hydrogens is 364 g/mol. The van der Waals surface area contributed by atoms with Crippen LogP contribution in [0.4, 0.5) is 5.82 Å². The van der Waals surface area contributed by atoms with Crippen LogP contribution in [0.3, 0.4) is 0 Å². The van der Waals surface area contributed by atoms with Gasteiger partial charge in [-0.3, -0.25) is 4.98 Å². The number of piperazine rings is 1. The predicted octanol–water partition coefficient (Wildman–Crippen LogP) is 2.15. The smallest absolute Gasteiger partial charge is 0.243 e. The summed E-state index contributed by atoms with van der Waals surface area (Å²) in [6, 6.07) is 14.2. The third-order valence-corrected chi connectivity index (χ3v) is 6.61. The molecule has 0 radical (unpaired) electrons. The van der Waals surface area contributed by atoms with Crippen molar-refractivity contribution in [3.8, 4) is 5.75 Å². The molecule has 140 valence electrons. The molecule has 1 aliphatic rings. The lowest BCUT2D eigenvalue weighted by atomic mass is 10.3. The minimum Gasteiger partial charge on any atom is -0.497 e. The van der Waals surface area contributed by atoms with E-state index in [1.807, 2.05) is 24.3 Å². The molecule has 27 heavy (non-hydrogen) atoms. The first kappa shape index (κ1) is 17.7. The van der Waals surface area contributed by atoms with Gasteiger partial charge in [-0.05, 0) is 36.4 Å². The van der Waals surface area contributed by atoms with E-state index in [0.29, 0.717) is 31.9 Å². The van der Waals surface area contributed by atoms with Crippen LogP contribution in [0.25, 0.3) is 11.0 Å². The van der Waals surface area contributed by atoms with Gasteiger partial charge in [0.2, 0.25) is 10.0 Å². The second-order valence-corrected chi connectivity index (χ2v) is 8.22. The van der Waals surface area contributed by atoms with Crippen LogP contribution in [0, 0.1) is 0 Å². The van der Waals surface area contributed by atoms with Crippen molar-refractivity contribution in [2.75, 3.05) is 38.2 Å². The Bertz CT molecular complexity index is 1050. The number of anilines is 1. The molecule has 1 aliphatic heterocycles. The van der Waals surface area contributed by atoms with Gasteiger partial charge in [0.15, 0.2) is 0 Å². The van der Waals surface area contributed by atoms with Crippen molar-refractivity contribution in [3.05, 3.63) is 54.7 Å². The largest absolute Gasteiger partial charge is 0.497 e. The van der Waals surface area contributed by atoms with E-state index in [1.54, 1.807) is 37.6 Å². The molecule has 1 fully saturated rings. The average molecular weight is 384 g/mol. The van der Waals surface area contributed by atoms with Crippen LogP contribution in [-0.2, 0) is 10.0 Å². The molecule has 2 heterocycles. The van der Waals surface area contributed by atoms with Gasteiger partial charge < -0.3 is 9.64 Å². The van der Waals surface area contributed by atoms with Crippen LogP contribution in [0.15, 0.2) is 59.6 Å². The van der Waals surface area contributed by atoms with Gasteiger partial charge in [-0.2, -0.15) is 4.31 Å². The number of ether oxygens (including phenoxy) is 1. The molecule has 0 amide bonds. The number of fused-ring (bicyclic) bond motifs is 1. The summed E-state index contributed by atoms with van der Waals surface area (Å²) >= 11 is 0. The fraction of sp³-hybridized carbons (Fsp3) is 0.263. The molecule has 0 bridgehead atoms. The van der Waals surface area contributed by atoms with E-state index < -0.39 is 10.0 Å². The van der Waals surface area contributed by atoms with Crippen molar-refractivity contribution < 1.29 is 13.2 Å². The van der Waals surface area contributed by atoms with Crippen LogP contribution in [-0.4, -0.2) is 56.0 Å². The Morgan fingerprint density at radius 1 is 0.926 bits per heavy atom. The molecule has 0 saturated carbocycles. The number of aromatic nitrogens is 2. The van der Waals surface area contributed by atoms with E-state index in [2.05, 4.69) is 14.9 Å². The molecule has 4 rings (SSSR count). The second-order valence-electron chi connectivity index (χ2n) is 6.28. The molecule has 0 N–H and O–H groups in total. The molecule has 3 aromatic rings. The molecule has 8 heteroatoms. The average Bonchev–Trinajstić information content (AvgIpc) is 2.73.